The fourth-order valence-electron chi connectivity index (χ4n) is 2.09. The van der Waals surface area contributed by atoms with Crippen molar-refractivity contribution in [2.45, 2.75) is 18.8 Å². The highest BCUT2D eigenvalue weighted by molar-refractivity contribution is 6.58. The molecular formula is C15H15BO3. The Balaban J connectivity index is 1.75. The first-order valence-corrected chi connectivity index (χ1v) is 6.46. The summed E-state index contributed by atoms with van der Waals surface area (Å²) in [6.45, 7) is 0. The molecular weight excluding hydrogens is 239 g/mol. The van der Waals surface area contributed by atoms with E-state index in [4.69, 9.17) is 14.8 Å². The molecule has 0 heterocycles. The van der Waals surface area contributed by atoms with Gasteiger partial charge in [-0.05, 0) is 54.1 Å². The third kappa shape index (κ3) is 2.97. The summed E-state index contributed by atoms with van der Waals surface area (Å²) in [6.07, 6.45) is 2.54. The molecule has 0 aromatic heterocycles. The van der Waals surface area contributed by atoms with Crippen molar-refractivity contribution >= 4 is 12.6 Å². The number of benzene rings is 2. The highest BCUT2D eigenvalue weighted by Gasteiger charge is 2.23. The summed E-state index contributed by atoms with van der Waals surface area (Å²) in [5, 5.41) is 18.0. The quantitative estimate of drug-likeness (QED) is 0.821. The highest BCUT2D eigenvalue weighted by atomic mass is 16.5. The Morgan fingerprint density at radius 1 is 0.947 bits per heavy atom. The zero-order chi connectivity index (χ0) is 13.2. The van der Waals surface area contributed by atoms with E-state index < -0.39 is 7.12 Å². The molecule has 0 saturated heterocycles. The van der Waals surface area contributed by atoms with Gasteiger partial charge in [-0.1, -0.05) is 24.3 Å². The fraction of sp³-hybridized carbons (Fsp3) is 0.200. The van der Waals surface area contributed by atoms with E-state index in [2.05, 4.69) is 12.1 Å². The van der Waals surface area contributed by atoms with Crippen molar-refractivity contribution in [1.82, 2.24) is 0 Å². The summed E-state index contributed by atoms with van der Waals surface area (Å²) in [6, 6.07) is 14.9. The van der Waals surface area contributed by atoms with Gasteiger partial charge in [0.05, 0.1) is 0 Å². The van der Waals surface area contributed by atoms with Crippen LogP contribution in [-0.4, -0.2) is 17.2 Å². The molecule has 96 valence electrons. The summed E-state index contributed by atoms with van der Waals surface area (Å²) in [5.41, 5.74) is 1.79. The van der Waals surface area contributed by atoms with Gasteiger partial charge in [-0.3, -0.25) is 0 Å². The Morgan fingerprint density at radius 3 is 2.32 bits per heavy atom. The standard InChI is InChI=1S/C15H15BO3/c17-16(18)13-6-8-14(9-7-13)19-15-3-1-2-12(10-15)11-4-5-11/h1-3,6-11,17-18H,4-5H2. The van der Waals surface area contributed by atoms with Gasteiger partial charge in [0.15, 0.2) is 0 Å². The lowest BCUT2D eigenvalue weighted by Crippen LogP contribution is -2.29. The van der Waals surface area contributed by atoms with E-state index >= 15 is 0 Å². The van der Waals surface area contributed by atoms with Gasteiger partial charge in [0.25, 0.3) is 0 Å². The van der Waals surface area contributed by atoms with Gasteiger partial charge in [0.1, 0.15) is 11.5 Å². The Morgan fingerprint density at radius 2 is 1.68 bits per heavy atom. The molecule has 1 aliphatic carbocycles. The van der Waals surface area contributed by atoms with E-state index in [1.54, 1.807) is 24.3 Å². The molecule has 0 spiro atoms. The molecule has 0 aliphatic heterocycles. The fourth-order valence-corrected chi connectivity index (χ4v) is 2.09. The van der Waals surface area contributed by atoms with Crippen LogP contribution in [0, 0.1) is 0 Å². The average molecular weight is 254 g/mol. The molecule has 0 atom stereocenters. The molecule has 0 unspecified atom stereocenters. The minimum Gasteiger partial charge on any atom is -0.457 e. The molecule has 1 aliphatic rings. The lowest BCUT2D eigenvalue weighted by Gasteiger charge is -2.08. The normalized spacial score (nSPS) is 14.2. The SMILES string of the molecule is OB(O)c1ccc(Oc2cccc(C3CC3)c2)cc1. The van der Waals surface area contributed by atoms with Crippen molar-refractivity contribution in [2.75, 3.05) is 0 Å². The number of hydrogen-bond donors (Lipinski definition) is 2. The van der Waals surface area contributed by atoms with Crippen molar-refractivity contribution in [3.05, 3.63) is 54.1 Å². The maximum absolute atomic E-state index is 9.02. The molecule has 3 rings (SSSR count). The summed E-state index contributed by atoms with van der Waals surface area (Å²) in [5.74, 6) is 2.22. The minimum atomic E-state index is -1.44. The first-order chi connectivity index (χ1) is 9.22. The Bertz CT molecular complexity index is 562. The van der Waals surface area contributed by atoms with Crippen LogP contribution in [0.25, 0.3) is 0 Å². The van der Waals surface area contributed by atoms with Crippen molar-refractivity contribution in [3.63, 3.8) is 0 Å². The van der Waals surface area contributed by atoms with Gasteiger partial charge in [-0.2, -0.15) is 0 Å². The smallest absolute Gasteiger partial charge is 0.457 e. The van der Waals surface area contributed by atoms with Crippen LogP contribution in [0.15, 0.2) is 48.5 Å². The maximum atomic E-state index is 9.02. The third-order valence-electron chi connectivity index (χ3n) is 3.32. The van der Waals surface area contributed by atoms with E-state index in [-0.39, 0.29) is 0 Å². The minimum absolute atomic E-state index is 0.457. The monoisotopic (exact) mass is 254 g/mol. The largest absolute Gasteiger partial charge is 0.488 e. The first kappa shape index (κ1) is 12.3. The average Bonchev–Trinajstić information content (AvgIpc) is 3.24. The molecule has 2 N–H and O–H groups in total. The van der Waals surface area contributed by atoms with E-state index in [9.17, 15) is 0 Å². The molecule has 0 bridgehead atoms. The zero-order valence-corrected chi connectivity index (χ0v) is 10.5. The van der Waals surface area contributed by atoms with Crippen molar-refractivity contribution in [1.29, 1.82) is 0 Å². The van der Waals surface area contributed by atoms with Crippen molar-refractivity contribution < 1.29 is 14.8 Å². The molecule has 1 fully saturated rings. The van der Waals surface area contributed by atoms with Gasteiger partial charge in [-0.15, -0.1) is 0 Å². The predicted octanol–water partition coefficient (Wildman–Crippen LogP) is 2.04. The van der Waals surface area contributed by atoms with Crippen LogP contribution in [0.1, 0.15) is 24.3 Å². The molecule has 1 saturated carbocycles. The lowest BCUT2D eigenvalue weighted by molar-refractivity contribution is 0.425. The second kappa shape index (κ2) is 5.07. The Kier molecular flexibility index (Phi) is 3.28. The Hall–Kier alpha value is -1.78. The van der Waals surface area contributed by atoms with Gasteiger partial charge in [0, 0.05) is 0 Å². The van der Waals surface area contributed by atoms with Gasteiger partial charge in [0.2, 0.25) is 0 Å². The topological polar surface area (TPSA) is 49.7 Å². The number of ether oxygens (including phenoxy) is 1. The van der Waals surface area contributed by atoms with E-state index in [0.29, 0.717) is 17.1 Å². The summed E-state index contributed by atoms with van der Waals surface area (Å²) in [7, 11) is -1.44. The second-order valence-electron chi connectivity index (χ2n) is 4.89. The van der Waals surface area contributed by atoms with Gasteiger partial charge < -0.3 is 14.8 Å². The molecule has 0 amide bonds. The molecule has 2 aromatic carbocycles. The molecule has 4 heteroatoms. The van der Waals surface area contributed by atoms with E-state index in [1.165, 1.54) is 18.4 Å². The van der Waals surface area contributed by atoms with E-state index in [0.717, 1.165) is 5.75 Å². The first-order valence-electron chi connectivity index (χ1n) is 6.46. The Labute approximate surface area is 112 Å². The van der Waals surface area contributed by atoms with Crippen LogP contribution in [0.2, 0.25) is 0 Å². The van der Waals surface area contributed by atoms with Gasteiger partial charge in [-0.25, -0.2) is 0 Å². The van der Waals surface area contributed by atoms with Crippen molar-refractivity contribution in [3.8, 4) is 11.5 Å². The predicted molar refractivity (Wildman–Crippen MR) is 74.8 cm³/mol. The number of rotatable bonds is 4. The zero-order valence-electron chi connectivity index (χ0n) is 10.5. The molecule has 19 heavy (non-hydrogen) atoms. The summed E-state index contributed by atoms with van der Waals surface area (Å²) < 4.78 is 5.77. The van der Waals surface area contributed by atoms with Gasteiger partial charge >= 0.3 is 7.12 Å². The third-order valence-corrected chi connectivity index (χ3v) is 3.32. The van der Waals surface area contributed by atoms with Crippen LogP contribution in [-0.2, 0) is 0 Å². The molecule has 2 aromatic rings. The second-order valence-corrected chi connectivity index (χ2v) is 4.89. The number of hydrogen-bond acceptors (Lipinski definition) is 3. The van der Waals surface area contributed by atoms with Crippen LogP contribution in [0.4, 0.5) is 0 Å². The van der Waals surface area contributed by atoms with Crippen LogP contribution < -0.4 is 10.2 Å². The van der Waals surface area contributed by atoms with Crippen LogP contribution in [0.3, 0.4) is 0 Å². The summed E-state index contributed by atoms with van der Waals surface area (Å²) >= 11 is 0. The molecule has 0 radical (unpaired) electrons. The highest BCUT2D eigenvalue weighted by Crippen LogP contribution is 2.41. The molecule has 3 nitrogen and oxygen atoms in total. The van der Waals surface area contributed by atoms with Crippen LogP contribution in [0.5, 0.6) is 11.5 Å². The van der Waals surface area contributed by atoms with Crippen molar-refractivity contribution in [2.24, 2.45) is 0 Å². The van der Waals surface area contributed by atoms with E-state index in [1.807, 2.05) is 12.1 Å². The van der Waals surface area contributed by atoms with Crippen LogP contribution >= 0.6 is 0 Å². The lowest BCUT2D eigenvalue weighted by atomic mass is 9.80. The summed E-state index contributed by atoms with van der Waals surface area (Å²) in [4.78, 5) is 0. The maximum Gasteiger partial charge on any atom is 0.488 e.